The number of carbonyl (C=O) groups is 2. The van der Waals surface area contributed by atoms with Crippen LogP contribution >= 0.6 is 11.6 Å². The van der Waals surface area contributed by atoms with Gasteiger partial charge in [-0.2, -0.15) is 0 Å². The average Bonchev–Trinajstić information content (AvgIpc) is 3.31. The highest BCUT2D eigenvalue weighted by Gasteiger charge is 2.34. The fourth-order valence-corrected chi connectivity index (χ4v) is 2.76. The lowest BCUT2D eigenvalue weighted by molar-refractivity contribution is -0.124. The van der Waals surface area contributed by atoms with Crippen LogP contribution in [0.2, 0.25) is 5.02 Å². The van der Waals surface area contributed by atoms with Crippen LogP contribution in [0.4, 0.5) is 5.69 Å². The highest BCUT2D eigenvalue weighted by Crippen LogP contribution is 2.30. The van der Waals surface area contributed by atoms with Crippen molar-refractivity contribution in [3.05, 3.63) is 28.8 Å². The molecule has 1 saturated heterocycles. The molecule has 3 rings (SSSR count). The van der Waals surface area contributed by atoms with Gasteiger partial charge in [0.15, 0.2) is 0 Å². The number of morpholine rings is 1. The van der Waals surface area contributed by atoms with Crippen LogP contribution in [0.15, 0.2) is 18.2 Å². The second-order valence-corrected chi connectivity index (χ2v) is 5.80. The normalized spacial score (nSPS) is 22.0. The molecule has 1 saturated carbocycles. The number of ether oxygens (including phenoxy) is 1. The van der Waals surface area contributed by atoms with Gasteiger partial charge in [-0.25, -0.2) is 0 Å². The summed E-state index contributed by atoms with van der Waals surface area (Å²) in [6.07, 6.45) is 2.86. The Morgan fingerprint density at radius 1 is 1.43 bits per heavy atom. The number of aldehydes is 1. The summed E-state index contributed by atoms with van der Waals surface area (Å²) in [6.45, 7) is 1.51. The molecule has 2 aliphatic rings. The Balaban J connectivity index is 1.82. The van der Waals surface area contributed by atoms with E-state index in [0.717, 1.165) is 24.8 Å². The second-order valence-electron chi connectivity index (χ2n) is 5.40. The molecule has 112 valence electrons. The van der Waals surface area contributed by atoms with Gasteiger partial charge in [0, 0.05) is 18.2 Å². The van der Waals surface area contributed by atoms with Crippen LogP contribution in [-0.2, 0) is 9.53 Å². The standard InChI is InChI=1S/C15H17ClN2O3/c16-12-7-10(8-19)1-4-13(12)18-5-6-21-9-14(18)15(20)17-11-2-3-11/h1,4,7-8,11,14H,2-3,5-6,9H2,(H,17,20). The first-order valence-electron chi connectivity index (χ1n) is 7.08. The molecule has 21 heavy (non-hydrogen) atoms. The third kappa shape index (κ3) is 3.19. The van der Waals surface area contributed by atoms with E-state index in [0.29, 0.717) is 36.4 Å². The Morgan fingerprint density at radius 2 is 2.24 bits per heavy atom. The summed E-state index contributed by atoms with van der Waals surface area (Å²) in [7, 11) is 0. The van der Waals surface area contributed by atoms with E-state index in [1.54, 1.807) is 18.2 Å². The van der Waals surface area contributed by atoms with Crippen molar-refractivity contribution in [2.24, 2.45) is 0 Å². The number of hydrogen-bond acceptors (Lipinski definition) is 4. The van der Waals surface area contributed by atoms with Crippen LogP contribution in [0.25, 0.3) is 0 Å². The molecule has 6 heteroatoms. The Labute approximate surface area is 128 Å². The van der Waals surface area contributed by atoms with E-state index in [9.17, 15) is 9.59 Å². The molecule has 1 amide bonds. The molecule has 0 radical (unpaired) electrons. The van der Waals surface area contributed by atoms with Gasteiger partial charge in [0.25, 0.3) is 0 Å². The molecule has 0 aromatic heterocycles. The van der Waals surface area contributed by atoms with E-state index < -0.39 is 0 Å². The van der Waals surface area contributed by atoms with E-state index in [4.69, 9.17) is 16.3 Å². The highest BCUT2D eigenvalue weighted by molar-refractivity contribution is 6.33. The van der Waals surface area contributed by atoms with Gasteiger partial charge in [0.2, 0.25) is 5.91 Å². The van der Waals surface area contributed by atoms with Crippen LogP contribution in [0, 0.1) is 0 Å². The molecule has 0 bridgehead atoms. The van der Waals surface area contributed by atoms with Crippen molar-refractivity contribution in [2.75, 3.05) is 24.7 Å². The fraction of sp³-hybridized carbons (Fsp3) is 0.467. The number of hydrogen-bond donors (Lipinski definition) is 1. The van der Waals surface area contributed by atoms with E-state index in [2.05, 4.69) is 5.32 Å². The predicted octanol–water partition coefficient (Wildman–Crippen LogP) is 1.64. The molecule has 1 heterocycles. The Morgan fingerprint density at radius 3 is 2.90 bits per heavy atom. The number of carbonyl (C=O) groups excluding carboxylic acids is 2. The SMILES string of the molecule is O=Cc1ccc(N2CCOCC2C(=O)NC2CC2)c(Cl)c1. The number of rotatable bonds is 4. The topological polar surface area (TPSA) is 58.6 Å². The summed E-state index contributed by atoms with van der Waals surface area (Å²) in [4.78, 5) is 25.1. The number of benzene rings is 1. The van der Waals surface area contributed by atoms with Crippen molar-refractivity contribution in [1.82, 2.24) is 5.32 Å². The van der Waals surface area contributed by atoms with Gasteiger partial charge < -0.3 is 15.0 Å². The molecule has 1 aliphatic heterocycles. The first-order valence-corrected chi connectivity index (χ1v) is 7.46. The molecule has 5 nitrogen and oxygen atoms in total. The van der Waals surface area contributed by atoms with Crippen LogP contribution in [0.1, 0.15) is 23.2 Å². The third-order valence-electron chi connectivity index (χ3n) is 3.77. The Bertz CT molecular complexity index is 560. The van der Waals surface area contributed by atoms with Crippen molar-refractivity contribution >= 4 is 29.5 Å². The molecule has 0 spiro atoms. The zero-order chi connectivity index (χ0) is 14.8. The van der Waals surface area contributed by atoms with Gasteiger partial charge in [-0.15, -0.1) is 0 Å². The predicted molar refractivity (Wildman–Crippen MR) is 80.0 cm³/mol. The summed E-state index contributed by atoms with van der Waals surface area (Å²) in [5, 5.41) is 3.48. The molecule has 1 aromatic rings. The summed E-state index contributed by atoms with van der Waals surface area (Å²) in [5.74, 6) is -0.0206. The molecule has 1 unspecified atom stereocenters. The second kappa shape index (κ2) is 6.03. The van der Waals surface area contributed by atoms with Gasteiger partial charge >= 0.3 is 0 Å². The van der Waals surface area contributed by atoms with Crippen molar-refractivity contribution in [3.63, 3.8) is 0 Å². The Kier molecular flexibility index (Phi) is 4.12. The zero-order valence-corrected chi connectivity index (χ0v) is 12.3. The highest BCUT2D eigenvalue weighted by atomic mass is 35.5. The van der Waals surface area contributed by atoms with Crippen molar-refractivity contribution in [2.45, 2.75) is 24.9 Å². The van der Waals surface area contributed by atoms with Crippen LogP contribution in [-0.4, -0.2) is 44.0 Å². The fourth-order valence-electron chi connectivity index (χ4n) is 2.46. The van der Waals surface area contributed by atoms with E-state index in [-0.39, 0.29) is 11.9 Å². The number of anilines is 1. The third-order valence-corrected chi connectivity index (χ3v) is 4.07. The van der Waals surface area contributed by atoms with E-state index in [1.165, 1.54) is 0 Å². The van der Waals surface area contributed by atoms with Crippen molar-refractivity contribution in [3.8, 4) is 0 Å². The summed E-state index contributed by atoms with van der Waals surface area (Å²) in [5.41, 5.74) is 1.29. The zero-order valence-electron chi connectivity index (χ0n) is 11.5. The maximum atomic E-state index is 12.3. The number of nitrogens with zero attached hydrogens (tertiary/aromatic N) is 1. The van der Waals surface area contributed by atoms with Crippen LogP contribution in [0.3, 0.4) is 0 Å². The van der Waals surface area contributed by atoms with Gasteiger partial charge in [-0.05, 0) is 31.0 Å². The smallest absolute Gasteiger partial charge is 0.245 e. The van der Waals surface area contributed by atoms with E-state index in [1.807, 2.05) is 4.90 Å². The monoisotopic (exact) mass is 308 g/mol. The van der Waals surface area contributed by atoms with Crippen molar-refractivity contribution < 1.29 is 14.3 Å². The summed E-state index contributed by atoms with van der Waals surface area (Å²) >= 11 is 6.26. The van der Waals surface area contributed by atoms with E-state index >= 15 is 0 Å². The largest absolute Gasteiger partial charge is 0.377 e. The molecule has 1 aromatic carbocycles. The van der Waals surface area contributed by atoms with Gasteiger partial charge in [-0.3, -0.25) is 9.59 Å². The first-order chi connectivity index (χ1) is 10.2. The molecule has 2 fully saturated rings. The Hall–Kier alpha value is -1.59. The maximum Gasteiger partial charge on any atom is 0.245 e. The average molecular weight is 309 g/mol. The molecule has 1 N–H and O–H groups in total. The lowest BCUT2D eigenvalue weighted by atomic mass is 10.1. The molecule has 1 aliphatic carbocycles. The summed E-state index contributed by atoms with van der Waals surface area (Å²) < 4.78 is 5.44. The van der Waals surface area contributed by atoms with Crippen LogP contribution in [0.5, 0.6) is 0 Å². The first kappa shape index (κ1) is 14.4. The minimum absolute atomic E-state index is 0.0206. The van der Waals surface area contributed by atoms with Gasteiger partial charge in [0.05, 0.1) is 23.9 Å². The molecular weight excluding hydrogens is 292 g/mol. The molecule has 1 atom stereocenters. The molecular formula is C15H17ClN2O3. The minimum Gasteiger partial charge on any atom is -0.377 e. The van der Waals surface area contributed by atoms with Gasteiger partial charge in [-0.1, -0.05) is 11.6 Å². The quantitative estimate of drug-likeness (QED) is 0.859. The minimum atomic E-state index is -0.376. The lowest BCUT2D eigenvalue weighted by Gasteiger charge is -2.36. The van der Waals surface area contributed by atoms with Gasteiger partial charge in [0.1, 0.15) is 12.3 Å². The van der Waals surface area contributed by atoms with Crippen LogP contribution < -0.4 is 10.2 Å². The number of halogens is 1. The number of nitrogens with one attached hydrogen (secondary N) is 1. The van der Waals surface area contributed by atoms with Crippen molar-refractivity contribution in [1.29, 1.82) is 0 Å². The summed E-state index contributed by atoms with van der Waals surface area (Å²) in [6, 6.07) is 5.05. The lowest BCUT2D eigenvalue weighted by Crippen LogP contribution is -2.54. The number of amides is 1. The maximum absolute atomic E-state index is 12.3.